The molecule has 0 aliphatic carbocycles. The molecule has 0 bridgehead atoms. The SMILES string of the molecule is O=C(Nc1ccc(OC(F)(F)F)cc1)Nc1cccc(-c2ccc(N3CCCC3)nn2)c1. The molecule has 166 valence electrons. The molecule has 1 aliphatic heterocycles. The molecule has 10 heteroatoms. The van der Waals surface area contributed by atoms with E-state index in [9.17, 15) is 18.0 Å². The first-order chi connectivity index (χ1) is 15.4. The number of alkyl halides is 3. The standard InChI is InChI=1S/C22H20F3N5O2/c23-22(24,25)32-18-8-6-16(7-9-18)26-21(31)27-17-5-3-4-15(14-17)19-10-11-20(29-28-19)30-12-1-2-13-30/h3-11,14H,1-2,12-13H2,(H2,26,27,31). The fourth-order valence-corrected chi connectivity index (χ4v) is 3.38. The predicted octanol–water partition coefficient (Wildman–Crippen LogP) is 5.29. The number of anilines is 3. The highest BCUT2D eigenvalue weighted by molar-refractivity contribution is 6.00. The lowest BCUT2D eigenvalue weighted by Crippen LogP contribution is -2.20. The van der Waals surface area contributed by atoms with Crippen LogP contribution in [0.25, 0.3) is 11.3 Å². The van der Waals surface area contributed by atoms with E-state index in [2.05, 4.69) is 30.5 Å². The molecule has 0 unspecified atom stereocenters. The van der Waals surface area contributed by atoms with Gasteiger partial charge in [-0.3, -0.25) is 0 Å². The number of nitrogens with one attached hydrogen (secondary N) is 2. The van der Waals surface area contributed by atoms with E-state index < -0.39 is 12.4 Å². The van der Waals surface area contributed by atoms with Crippen LogP contribution >= 0.6 is 0 Å². The molecule has 3 aromatic rings. The number of halogens is 3. The average Bonchev–Trinajstić information content (AvgIpc) is 3.29. The van der Waals surface area contributed by atoms with Crippen molar-refractivity contribution in [2.75, 3.05) is 28.6 Å². The van der Waals surface area contributed by atoms with Gasteiger partial charge in [-0.2, -0.15) is 0 Å². The van der Waals surface area contributed by atoms with E-state index in [0.717, 1.165) is 49.4 Å². The summed E-state index contributed by atoms with van der Waals surface area (Å²) in [6.07, 6.45) is -2.45. The van der Waals surface area contributed by atoms with Gasteiger partial charge < -0.3 is 20.3 Å². The highest BCUT2D eigenvalue weighted by Gasteiger charge is 2.31. The number of nitrogens with zero attached hydrogens (tertiary/aromatic N) is 3. The second-order valence-electron chi connectivity index (χ2n) is 7.20. The molecule has 0 spiro atoms. The zero-order valence-corrected chi connectivity index (χ0v) is 16.9. The maximum Gasteiger partial charge on any atom is 0.573 e. The summed E-state index contributed by atoms with van der Waals surface area (Å²) in [7, 11) is 0. The minimum absolute atomic E-state index is 0.316. The number of urea groups is 1. The van der Waals surface area contributed by atoms with Crippen molar-refractivity contribution in [3.05, 3.63) is 60.7 Å². The van der Waals surface area contributed by atoms with E-state index in [1.807, 2.05) is 18.2 Å². The number of hydrogen-bond acceptors (Lipinski definition) is 5. The Kier molecular flexibility index (Phi) is 6.11. The molecule has 1 saturated heterocycles. The zero-order chi connectivity index (χ0) is 22.6. The van der Waals surface area contributed by atoms with Gasteiger partial charge in [-0.25, -0.2) is 4.79 Å². The van der Waals surface area contributed by atoms with E-state index in [0.29, 0.717) is 17.1 Å². The third kappa shape index (κ3) is 5.65. The molecule has 0 saturated carbocycles. The summed E-state index contributed by atoms with van der Waals surface area (Å²) in [4.78, 5) is 14.5. The summed E-state index contributed by atoms with van der Waals surface area (Å²) in [5.41, 5.74) is 2.31. The molecular weight excluding hydrogens is 423 g/mol. The van der Waals surface area contributed by atoms with Crippen LogP contribution in [0.1, 0.15) is 12.8 Å². The molecule has 2 amide bonds. The van der Waals surface area contributed by atoms with Gasteiger partial charge in [0.25, 0.3) is 0 Å². The van der Waals surface area contributed by atoms with Crippen LogP contribution < -0.4 is 20.3 Å². The van der Waals surface area contributed by atoms with Gasteiger partial charge in [0.1, 0.15) is 5.75 Å². The molecule has 2 N–H and O–H groups in total. The first-order valence-corrected chi connectivity index (χ1v) is 9.99. The fourth-order valence-electron chi connectivity index (χ4n) is 3.38. The van der Waals surface area contributed by atoms with Gasteiger partial charge in [-0.15, -0.1) is 23.4 Å². The monoisotopic (exact) mass is 443 g/mol. The smallest absolute Gasteiger partial charge is 0.406 e. The van der Waals surface area contributed by atoms with Crippen molar-refractivity contribution in [3.8, 4) is 17.0 Å². The Morgan fingerprint density at radius 1 is 0.906 bits per heavy atom. The second kappa shape index (κ2) is 9.13. The quantitative estimate of drug-likeness (QED) is 0.561. The minimum atomic E-state index is -4.77. The summed E-state index contributed by atoms with van der Waals surface area (Å²) in [6.45, 7) is 1.97. The highest BCUT2D eigenvalue weighted by Crippen LogP contribution is 2.25. The average molecular weight is 443 g/mol. The number of benzene rings is 2. The lowest BCUT2D eigenvalue weighted by Gasteiger charge is -2.15. The molecule has 0 atom stereocenters. The Hall–Kier alpha value is -3.82. The molecule has 32 heavy (non-hydrogen) atoms. The van der Waals surface area contributed by atoms with Crippen LogP contribution in [0.5, 0.6) is 5.75 Å². The molecule has 7 nitrogen and oxygen atoms in total. The Labute approximate surface area is 182 Å². The largest absolute Gasteiger partial charge is 0.573 e. The van der Waals surface area contributed by atoms with Crippen LogP contribution in [0.2, 0.25) is 0 Å². The number of aromatic nitrogens is 2. The third-order valence-electron chi connectivity index (χ3n) is 4.84. The van der Waals surface area contributed by atoms with Gasteiger partial charge >= 0.3 is 12.4 Å². The first-order valence-electron chi connectivity index (χ1n) is 9.99. The predicted molar refractivity (Wildman–Crippen MR) is 115 cm³/mol. The van der Waals surface area contributed by atoms with Gasteiger partial charge in [0.15, 0.2) is 5.82 Å². The molecule has 2 aromatic carbocycles. The fraction of sp³-hybridized carbons (Fsp3) is 0.227. The Morgan fingerprint density at radius 3 is 2.28 bits per heavy atom. The van der Waals surface area contributed by atoms with Crippen molar-refractivity contribution < 1.29 is 22.7 Å². The van der Waals surface area contributed by atoms with E-state index in [4.69, 9.17) is 0 Å². The first kappa shape index (κ1) is 21.4. The maximum absolute atomic E-state index is 12.3. The molecule has 1 aromatic heterocycles. The number of carbonyl (C=O) groups excluding carboxylic acids is 1. The third-order valence-corrected chi connectivity index (χ3v) is 4.84. The van der Waals surface area contributed by atoms with Crippen molar-refractivity contribution in [2.45, 2.75) is 19.2 Å². The van der Waals surface area contributed by atoms with Crippen LogP contribution in [0.15, 0.2) is 60.7 Å². The number of ether oxygens (including phenoxy) is 1. The molecule has 1 fully saturated rings. The summed E-state index contributed by atoms with van der Waals surface area (Å²) in [6, 6.07) is 15.3. The van der Waals surface area contributed by atoms with Crippen molar-refractivity contribution in [2.24, 2.45) is 0 Å². The van der Waals surface area contributed by atoms with Crippen LogP contribution in [0.3, 0.4) is 0 Å². The Balaban J connectivity index is 1.37. The van der Waals surface area contributed by atoms with E-state index in [-0.39, 0.29) is 5.75 Å². The van der Waals surface area contributed by atoms with E-state index >= 15 is 0 Å². The number of amides is 2. The summed E-state index contributed by atoms with van der Waals surface area (Å²) in [5.74, 6) is 0.486. The van der Waals surface area contributed by atoms with Gasteiger partial charge in [-0.1, -0.05) is 12.1 Å². The van der Waals surface area contributed by atoms with Crippen molar-refractivity contribution in [1.82, 2.24) is 10.2 Å². The van der Waals surface area contributed by atoms with Crippen LogP contribution in [0.4, 0.5) is 35.2 Å². The van der Waals surface area contributed by atoms with Gasteiger partial charge in [0.05, 0.1) is 5.69 Å². The lowest BCUT2D eigenvalue weighted by atomic mass is 10.1. The number of rotatable bonds is 5. The number of carbonyl (C=O) groups is 1. The van der Waals surface area contributed by atoms with Gasteiger partial charge in [0.2, 0.25) is 0 Å². The van der Waals surface area contributed by atoms with E-state index in [1.165, 1.54) is 12.1 Å². The topological polar surface area (TPSA) is 79.4 Å². The summed E-state index contributed by atoms with van der Waals surface area (Å²) in [5, 5.41) is 13.9. The Morgan fingerprint density at radius 2 is 1.62 bits per heavy atom. The molecule has 2 heterocycles. The highest BCUT2D eigenvalue weighted by atomic mass is 19.4. The minimum Gasteiger partial charge on any atom is -0.406 e. The molecule has 0 radical (unpaired) electrons. The summed E-state index contributed by atoms with van der Waals surface area (Å²) >= 11 is 0. The molecule has 4 rings (SSSR count). The lowest BCUT2D eigenvalue weighted by molar-refractivity contribution is -0.274. The summed E-state index contributed by atoms with van der Waals surface area (Å²) < 4.78 is 40.5. The second-order valence-corrected chi connectivity index (χ2v) is 7.20. The van der Waals surface area contributed by atoms with Crippen molar-refractivity contribution in [3.63, 3.8) is 0 Å². The van der Waals surface area contributed by atoms with Crippen LogP contribution in [-0.2, 0) is 0 Å². The maximum atomic E-state index is 12.3. The normalized spacial score (nSPS) is 13.7. The van der Waals surface area contributed by atoms with E-state index in [1.54, 1.807) is 18.2 Å². The van der Waals surface area contributed by atoms with Gasteiger partial charge in [0, 0.05) is 30.0 Å². The number of hydrogen-bond donors (Lipinski definition) is 2. The molecule has 1 aliphatic rings. The van der Waals surface area contributed by atoms with Crippen LogP contribution in [0, 0.1) is 0 Å². The van der Waals surface area contributed by atoms with Crippen molar-refractivity contribution >= 4 is 23.2 Å². The van der Waals surface area contributed by atoms with Crippen LogP contribution in [-0.4, -0.2) is 35.7 Å². The van der Waals surface area contributed by atoms with Crippen molar-refractivity contribution in [1.29, 1.82) is 0 Å². The van der Waals surface area contributed by atoms with Gasteiger partial charge in [-0.05, 0) is 61.4 Å². The molecular formula is C22H20F3N5O2. The zero-order valence-electron chi connectivity index (χ0n) is 16.9. The Bertz CT molecular complexity index is 1070.